The van der Waals surface area contributed by atoms with Gasteiger partial charge in [0.2, 0.25) is 0 Å². The number of benzene rings is 1. The van der Waals surface area contributed by atoms with Crippen molar-refractivity contribution in [3.8, 4) is 0 Å². The molecule has 3 aromatic rings. The van der Waals surface area contributed by atoms with Gasteiger partial charge >= 0.3 is 6.18 Å². The summed E-state index contributed by atoms with van der Waals surface area (Å²) in [6.45, 7) is 0. The number of fused-ring (bicyclic) bond motifs is 1. The number of alkyl halides is 3. The molecule has 1 aliphatic rings. The number of anilines is 1. The minimum Gasteiger partial charge on any atom is -0.363 e. The average molecular weight is 361 g/mol. The number of aromatic nitrogens is 4. The van der Waals surface area contributed by atoms with Crippen LogP contribution >= 0.6 is 0 Å². The van der Waals surface area contributed by atoms with E-state index in [1.807, 2.05) is 30.3 Å². The Labute approximate surface area is 148 Å². The second-order valence-electron chi connectivity index (χ2n) is 6.64. The van der Waals surface area contributed by atoms with Crippen LogP contribution in [0.1, 0.15) is 43.0 Å². The molecule has 1 saturated carbocycles. The van der Waals surface area contributed by atoms with Crippen molar-refractivity contribution >= 4 is 11.6 Å². The summed E-state index contributed by atoms with van der Waals surface area (Å²) in [5.74, 6) is 0.758. The molecule has 1 unspecified atom stereocenters. The predicted molar refractivity (Wildman–Crippen MR) is 90.5 cm³/mol. The standard InChI is InChI=1S/C18H18F3N5/c19-18(20,21)15-10-16(26-17(25-15)22-11-23-26)24-14(9-12-5-4-6-12)13-7-2-1-3-8-13/h1-3,7-8,10-12,14,24H,4-6,9H2. The molecule has 0 spiro atoms. The first-order chi connectivity index (χ1) is 12.5. The lowest BCUT2D eigenvalue weighted by Crippen LogP contribution is -2.22. The average Bonchev–Trinajstić information content (AvgIpc) is 3.05. The van der Waals surface area contributed by atoms with E-state index in [2.05, 4.69) is 20.4 Å². The Kier molecular flexibility index (Phi) is 4.26. The molecule has 0 saturated heterocycles. The molecular formula is C18H18F3N5. The van der Waals surface area contributed by atoms with Crippen LogP contribution in [0.15, 0.2) is 42.7 Å². The molecule has 1 aromatic carbocycles. The summed E-state index contributed by atoms with van der Waals surface area (Å²) in [5, 5.41) is 7.27. The summed E-state index contributed by atoms with van der Waals surface area (Å²) in [6, 6.07) is 10.7. The number of hydrogen-bond donors (Lipinski definition) is 1. The quantitative estimate of drug-likeness (QED) is 0.728. The third-order valence-electron chi connectivity index (χ3n) is 4.86. The van der Waals surface area contributed by atoms with Crippen molar-refractivity contribution in [3.05, 3.63) is 54.0 Å². The van der Waals surface area contributed by atoms with Gasteiger partial charge < -0.3 is 5.32 Å². The van der Waals surface area contributed by atoms with E-state index >= 15 is 0 Å². The van der Waals surface area contributed by atoms with Crippen molar-refractivity contribution < 1.29 is 13.2 Å². The van der Waals surface area contributed by atoms with E-state index in [0.717, 1.165) is 30.9 Å². The lowest BCUT2D eigenvalue weighted by molar-refractivity contribution is -0.141. The van der Waals surface area contributed by atoms with Crippen LogP contribution in [0.3, 0.4) is 0 Å². The van der Waals surface area contributed by atoms with Gasteiger partial charge in [0.05, 0.1) is 6.04 Å². The van der Waals surface area contributed by atoms with Crippen LogP contribution in [-0.2, 0) is 6.18 Å². The van der Waals surface area contributed by atoms with Gasteiger partial charge in [-0.25, -0.2) is 4.98 Å². The summed E-state index contributed by atoms with van der Waals surface area (Å²) >= 11 is 0. The lowest BCUT2D eigenvalue weighted by atomic mass is 9.79. The smallest absolute Gasteiger partial charge is 0.363 e. The van der Waals surface area contributed by atoms with E-state index in [1.54, 1.807) is 0 Å². The second kappa shape index (κ2) is 6.59. The zero-order chi connectivity index (χ0) is 18.1. The topological polar surface area (TPSA) is 55.1 Å². The number of halogens is 3. The highest BCUT2D eigenvalue weighted by atomic mass is 19.4. The van der Waals surface area contributed by atoms with Crippen LogP contribution < -0.4 is 5.32 Å². The molecule has 136 valence electrons. The van der Waals surface area contributed by atoms with Gasteiger partial charge in [-0.2, -0.15) is 27.8 Å². The van der Waals surface area contributed by atoms with E-state index in [1.165, 1.54) is 17.3 Å². The predicted octanol–water partition coefficient (Wildman–Crippen LogP) is 4.49. The Bertz CT molecular complexity index is 887. The molecule has 2 heterocycles. The minimum absolute atomic E-state index is 0.0715. The summed E-state index contributed by atoms with van der Waals surface area (Å²) in [7, 11) is 0. The fraction of sp³-hybridized carbons (Fsp3) is 0.389. The van der Waals surface area contributed by atoms with Crippen molar-refractivity contribution in [2.75, 3.05) is 5.32 Å². The Morgan fingerprint density at radius 2 is 1.96 bits per heavy atom. The van der Waals surface area contributed by atoms with Gasteiger partial charge in [0.15, 0.2) is 5.69 Å². The van der Waals surface area contributed by atoms with Gasteiger partial charge in [-0.1, -0.05) is 49.6 Å². The fourth-order valence-corrected chi connectivity index (χ4v) is 3.26. The highest BCUT2D eigenvalue weighted by Crippen LogP contribution is 2.37. The maximum atomic E-state index is 13.2. The third-order valence-corrected chi connectivity index (χ3v) is 4.86. The van der Waals surface area contributed by atoms with E-state index < -0.39 is 11.9 Å². The maximum absolute atomic E-state index is 13.2. The SMILES string of the molecule is FC(F)(F)c1cc(NC(CC2CCC2)c2ccccc2)n2ncnc2n1. The molecule has 0 bridgehead atoms. The molecule has 4 rings (SSSR count). The monoisotopic (exact) mass is 361 g/mol. The molecule has 0 aliphatic heterocycles. The Morgan fingerprint density at radius 1 is 1.19 bits per heavy atom. The number of nitrogens with zero attached hydrogens (tertiary/aromatic N) is 4. The lowest BCUT2D eigenvalue weighted by Gasteiger charge is -2.31. The first-order valence-electron chi connectivity index (χ1n) is 8.60. The van der Waals surface area contributed by atoms with Crippen LogP contribution in [-0.4, -0.2) is 19.6 Å². The summed E-state index contributed by atoms with van der Waals surface area (Å²) in [5.41, 5.74) is 0.0639. The van der Waals surface area contributed by atoms with E-state index in [9.17, 15) is 13.2 Å². The normalized spacial score (nSPS) is 16.4. The molecule has 0 amide bonds. The summed E-state index contributed by atoms with van der Waals surface area (Å²) in [4.78, 5) is 7.38. The molecule has 1 N–H and O–H groups in total. The molecule has 1 atom stereocenters. The Hall–Kier alpha value is -2.64. The highest BCUT2D eigenvalue weighted by molar-refractivity contribution is 5.47. The number of rotatable bonds is 5. The Balaban J connectivity index is 1.71. The molecular weight excluding hydrogens is 343 g/mol. The second-order valence-corrected chi connectivity index (χ2v) is 6.64. The zero-order valence-electron chi connectivity index (χ0n) is 13.9. The Morgan fingerprint density at radius 3 is 2.62 bits per heavy atom. The van der Waals surface area contributed by atoms with Crippen molar-refractivity contribution in [1.29, 1.82) is 0 Å². The number of nitrogens with one attached hydrogen (secondary N) is 1. The van der Waals surface area contributed by atoms with Crippen LogP contribution in [0, 0.1) is 5.92 Å². The van der Waals surface area contributed by atoms with Crippen LogP contribution in [0.25, 0.3) is 5.78 Å². The van der Waals surface area contributed by atoms with E-state index in [0.29, 0.717) is 5.92 Å². The van der Waals surface area contributed by atoms with Crippen molar-refractivity contribution in [3.63, 3.8) is 0 Å². The molecule has 5 nitrogen and oxygen atoms in total. The van der Waals surface area contributed by atoms with Gasteiger partial charge in [0, 0.05) is 6.07 Å². The largest absolute Gasteiger partial charge is 0.433 e. The van der Waals surface area contributed by atoms with Gasteiger partial charge in [-0.3, -0.25) is 0 Å². The van der Waals surface area contributed by atoms with Gasteiger partial charge in [-0.05, 0) is 17.9 Å². The molecule has 0 radical (unpaired) electrons. The first kappa shape index (κ1) is 16.8. The molecule has 1 aliphatic carbocycles. The van der Waals surface area contributed by atoms with Crippen LogP contribution in [0.5, 0.6) is 0 Å². The number of hydrogen-bond acceptors (Lipinski definition) is 4. The molecule has 26 heavy (non-hydrogen) atoms. The van der Waals surface area contributed by atoms with Crippen LogP contribution in [0.4, 0.5) is 19.0 Å². The van der Waals surface area contributed by atoms with Crippen molar-refractivity contribution in [2.45, 2.75) is 37.9 Å². The maximum Gasteiger partial charge on any atom is 0.433 e. The van der Waals surface area contributed by atoms with Gasteiger partial charge in [-0.15, -0.1) is 0 Å². The van der Waals surface area contributed by atoms with Crippen molar-refractivity contribution in [1.82, 2.24) is 19.6 Å². The zero-order valence-corrected chi connectivity index (χ0v) is 13.9. The van der Waals surface area contributed by atoms with Gasteiger partial charge in [0.1, 0.15) is 12.1 Å². The molecule has 2 aromatic heterocycles. The van der Waals surface area contributed by atoms with E-state index in [4.69, 9.17) is 0 Å². The molecule has 8 heteroatoms. The third kappa shape index (κ3) is 3.36. The van der Waals surface area contributed by atoms with Crippen LogP contribution in [0.2, 0.25) is 0 Å². The highest BCUT2D eigenvalue weighted by Gasteiger charge is 2.34. The minimum atomic E-state index is -4.54. The van der Waals surface area contributed by atoms with Crippen molar-refractivity contribution in [2.24, 2.45) is 5.92 Å². The van der Waals surface area contributed by atoms with E-state index in [-0.39, 0.29) is 17.6 Å². The summed E-state index contributed by atoms with van der Waals surface area (Å²) < 4.78 is 40.9. The van der Waals surface area contributed by atoms with Gasteiger partial charge in [0.25, 0.3) is 5.78 Å². The molecule has 1 fully saturated rings. The summed E-state index contributed by atoms with van der Waals surface area (Å²) in [6.07, 6.45) is 1.07. The first-order valence-corrected chi connectivity index (χ1v) is 8.60. The fourth-order valence-electron chi connectivity index (χ4n) is 3.26.